The van der Waals surface area contributed by atoms with Crippen molar-refractivity contribution in [2.45, 2.75) is 19.3 Å². The van der Waals surface area contributed by atoms with Gasteiger partial charge in [-0.3, -0.25) is 9.59 Å². The summed E-state index contributed by atoms with van der Waals surface area (Å²) in [5, 5.41) is 11.1. The van der Waals surface area contributed by atoms with Gasteiger partial charge in [0, 0.05) is 6.42 Å². The van der Waals surface area contributed by atoms with Crippen LogP contribution < -0.4 is 5.32 Å². The summed E-state index contributed by atoms with van der Waals surface area (Å²) in [6, 6.07) is 20.1. The van der Waals surface area contributed by atoms with Crippen LogP contribution in [-0.4, -0.2) is 23.5 Å². The highest BCUT2D eigenvalue weighted by Crippen LogP contribution is 2.18. The Morgan fingerprint density at radius 2 is 1.35 bits per heavy atom. The molecule has 0 aliphatic heterocycles. The Morgan fingerprint density at radius 1 is 0.870 bits per heavy atom. The lowest BCUT2D eigenvalue weighted by Gasteiger charge is -2.17. The smallest absolute Gasteiger partial charge is 0.322 e. The van der Waals surface area contributed by atoms with Crippen LogP contribution in [0.1, 0.15) is 17.5 Å². The summed E-state index contributed by atoms with van der Waals surface area (Å²) in [6.07, 6.45) is 1.89. The Balaban J connectivity index is 2.01. The first-order valence-electron chi connectivity index (χ1n) is 7.70. The fourth-order valence-corrected chi connectivity index (χ4v) is 2.62. The van der Waals surface area contributed by atoms with Crippen LogP contribution in [0.5, 0.6) is 0 Å². The Kier molecular flexibility index (Phi) is 6.36. The summed E-state index contributed by atoms with van der Waals surface area (Å²) < 4.78 is 0. The fourth-order valence-electron chi connectivity index (χ4n) is 2.62. The van der Waals surface area contributed by atoms with Crippen LogP contribution in [0.2, 0.25) is 0 Å². The van der Waals surface area contributed by atoms with Crippen molar-refractivity contribution in [3.05, 3.63) is 71.8 Å². The van der Waals surface area contributed by atoms with E-state index in [0.29, 0.717) is 6.42 Å². The number of aliphatic carboxylic acids is 1. The number of rotatable bonds is 8. The monoisotopic (exact) mass is 311 g/mol. The van der Waals surface area contributed by atoms with E-state index in [1.54, 1.807) is 0 Å². The first kappa shape index (κ1) is 16.7. The van der Waals surface area contributed by atoms with E-state index in [4.69, 9.17) is 5.11 Å². The third kappa shape index (κ3) is 6.34. The molecule has 0 atom stereocenters. The molecule has 4 heteroatoms. The molecule has 0 bridgehead atoms. The molecule has 2 aromatic carbocycles. The van der Waals surface area contributed by atoms with E-state index in [-0.39, 0.29) is 18.4 Å². The molecule has 0 aromatic heterocycles. The highest BCUT2D eigenvalue weighted by Gasteiger charge is 2.16. The van der Waals surface area contributed by atoms with Gasteiger partial charge in [-0.15, -0.1) is 0 Å². The Labute approximate surface area is 136 Å². The Morgan fingerprint density at radius 3 is 1.78 bits per heavy atom. The van der Waals surface area contributed by atoms with E-state index in [0.717, 1.165) is 12.8 Å². The van der Waals surface area contributed by atoms with Crippen LogP contribution in [0.15, 0.2) is 60.7 Å². The van der Waals surface area contributed by atoms with Crippen molar-refractivity contribution in [1.29, 1.82) is 0 Å². The van der Waals surface area contributed by atoms with Crippen LogP contribution in [-0.2, 0) is 22.4 Å². The third-order valence-electron chi connectivity index (χ3n) is 3.65. The first-order valence-corrected chi connectivity index (χ1v) is 7.70. The van der Waals surface area contributed by atoms with Crippen molar-refractivity contribution in [2.24, 2.45) is 5.92 Å². The van der Waals surface area contributed by atoms with E-state index in [2.05, 4.69) is 5.32 Å². The summed E-state index contributed by atoms with van der Waals surface area (Å²) in [7, 11) is 0. The minimum absolute atomic E-state index is 0.133. The lowest BCUT2D eigenvalue weighted by Crippen LogP contribution is -2.31. The second-order valence-electron chi connectivity index (χ2n) is 5.62. The van der Waals surface area contributed by atoms with Crippen molar-refractivity contribution >= 4 is 11.9 Å². The summed E-state index contributed by atoms with van der Waals surface area (Å²) in [5.41, 5.74) is 2.36. The number of carboxylic acid groups (broad SMARTS) is 1. The Bertz CT molecular complexity index is 584. The summed E-state index contributed by atoms with van der Waals surface area (Å²) in [6.45, 7) is -0.331. The predicted octanol–water partition coefficient (Wildman–Crippen LogP) is 2.68. The fraction of sp³-hybridized carbons (Fsp3) is 0.263. The molecule has 0 spiro atoms. The Hall–Kier alpha value is -2.62. The van der Waals surface area contributed by atoms with E-state index in [9.17, 15) is 9.59 Å². The third-order valence-corrected chi connectivity index (χ3v) is 3.65. The summed E-state index contributed by atoms with van der Waals surface area (Å²) in [5.74, 6) is -1.11. The lowest BCUT2D eigenvalue weighted by molar-refractivity contribution is -0.138. The van der Waals surface area contributed by atoms with Crippen molar-refractivity contribution in [3.63, 3.8) is 0 Å². The molecule has 0 aliphatic rings. The van der Waals surface area contributed by atoms with Gasteiger partial charge in [0.1, 0.15) is 6.54 Å². The average Bonchev–Trinajstić information content (AvgIpc) is 2.55. The van der Waals surface area contributed by atoms with E-state index < -0.39 is 5.97 Å². The molecule has 120 valence electrons. The molecule has 2 N–H and O–H groups in total. The number of hydrogen-bond acceptors (Lipinski definition) is 2. The number of benzene rings is 2. The SMILES string of the molecule is O=C(O)CNC(=O)CC(Cc1ccccc1)Cc1ccccc1. The van der Waals surface area contributed by atoms with Crippen LogP contribution in [0.3, 0.4) is 0 Å². The van der Waals surface area contributed by atoms with E-state index >= 15 is 0 Å². The highest BCUT2D eigenvalue weighted by molar-refractivity contribution is 5.81. The molecule has 0 aliphatic carbocycles. The van der Waals surface area contributed by atoms with Gasteiger partial charge in [-0.2, -0.15) is 0 Å². The molecule has 0 unspecified atom stereocenters. The van der Waals surface area contributed by atoms with Gasteiger partial charge >= 0.3 is 5.97 Å². The molecule has 0 heterocycles. The minimum atomic E-state index is -1.03. The molecular formula is C19H21NO3. The highest BCUT2D eigenvalue weighted by atomic mass is 16.4. The van der Waals surface area contributed by atoms with Gasteiger partial charge < -0.3 is 10.4 Å². The largest absolute Gasteiger partial charge is 0.480 e. The minimum Gasteiger partial charge on any atom is -0.480 e. The molecule has 2 rings (SSSR count). The number of hydrogen-bond donors (Lipinski definition) is 2. The molecule has 2 aromatic rings. The van der Waals surface area contributed by atoms with Crippen LogP contribution in [0.4, 0.5) is 0 Å². The summed E-state index contributed by atoms with van der Waals surface area (Å²) in [4.78, 5) is 22.5. The van der Waals surface area contributed by atoms with Crippen molar-refractivity contribution < 1.29 is 14.7 Å². The second kappa shape index (κ2) is 8.73. The zero-order chi connectivity index (χ0) is 16.5. The average molecular weight is 311 g/mol. The second-order valence-corrected chi connectivity index (χ2v) is 5.62. The molecule has 0 saturated carbocycles. The number of carbonyl (C=O) groups is 2. The maximum atomic E-state index is 12.0. The molecule has 0 fully saturated rings. The number of nitrogens with one attached hydrogen (secondary N) is 1. The predicted molar refractivity (Wildman–Crippen MR) is 89.0 cm³/mol. The molecule has 0 saturated heterocycles. The zero-order valence-corrected chi connectivity index (χ0v) is 12.9. The van der Waals surface area contributed by atoms with Crippen LogP contribution in [0.25, 0.3) is 0 Å². The van der Waals surface area contributed by atoms with Gasteiger partial charge in [-0.05, 0) is 29.9 Å². The zero-order valence-electron chi connectivity index (χ0n) is 12.9. The van der Waals surface area contributed by atoms with Crippen molar-refractivity contribution in [2.75, 3.05) is 6.54 Å². The van der Waals surface area contributed by atoms with Crippen molar-refractivity contribution in [1.82, 2.24) is 5.32 Å². The van der Waals surface area contributed by atoms with Gasteiger partial charge in [0.25, 0.3) is 0 Å². The number of amides is 1. The standard InChI is InChI=1S/C19H21NO3/c21-18(20-14-19(22)23)13-17(11-15-7-3-1-4-8-15)12-16-9-5-2-6-10-16/h1-10,17H,11-14H2,(H,20,21)(H,22,23). The topological polar surface area (TPSA) is 66.4 Å². The number of carboxylic acids is 1. The maximum absolute atomic E-state index is 12.0. The first-order chi connectivity index (χ1) is 11.1. The van der Waals surface area contributed by atoms with Crippen LogP contribution >= 0.6 is 0 Å². The van der Waals surface area contributed by atoms with Gasteiger partial charge in [0.15, 0.2) is 0 Å². The lowest BCUT2D eigenvalue weighted by atomic mass is 9.89. The van der Waals surface area contributed by atoms with E-state index in [1.165, 1.54) is 11.1 Å². The van der Waals surface area contributed by atoms with E-state index in [1.807, 2.05) is 60.7 Å². The molecule has 1 amide bonds. The number of carbonyl (C=O) groups excluding carboxylic acids is 1. The maximum Gasteiger partial charge on any atom is 0.322 e. The quantitative estimate of drug-likeness (QED) is 0.787. The van der Waals surface area contributed by atoms with Crippen molar-refractivity contribution in [3.8, 4) is 0 Å². The van der Waals surface area contributed by atoms with Gasteiger partial charge in [-0.1, -0.05) is 60.7 Å². The van der Waals surface area contributed by atoms with Gasteiger partial charge in [0.2, 0.25) is 5.91 Å². The normalized spacial score (nSPS) is 10.5. The van der Waals surface area contributed by atoms with Gasteiger partial charge in [-0.25, -0.2) is 0 Å². The summed E-state index contributed by atoms with van der Waals surface area (Å²) >= 11 is 0. The molecule has 23 heavy (non-hydrogen) atoms. The molecule has 4 nitrogen and oxygen atoms in total. The van der Waals surface area contributed by atoms with Gasteiger partial charge in [0.05, 0.1) is 0 Å². The molecule has 0 radical (unpaired) electrons. The molecular weight excluding hydrogens is 290 g/mol. The van der Waals surface area contributed by atoms with Crippen LogP contribution in [0, 0.1) is 5.92 Å².